The van der Waals surface area contributed by atoms with E-state index in [2.05, 4.69) is 4.72 Å². The Balaban J connectivity index is 1.70. The van der Waals surface area contributed by atoms with E-state index in [4.69, 9.17) is 16.4 Å². The first kappa shape index (κ1) is 18.4. The van der Waals surface area contributed by atoms with Crippen LogP contribution in [0.4, 0.5) is 0 Å². The van der Waals surface area contributed by atoms with Crippen LogP contribution in [0.1, 0.15) is 17.2 Å². The fourth-order valence-corrected chi connectivity index (χ4v) is 4.66. The minimum Gasteiger partial charge on any atom is -0.297 e. The second-order valence-corrected chi connectivity index (χ2v) is 8.47. The lowest BCUT2D eigenvalue weighted by Crippen LogP contribution is -2.40. The molecule has 1 aliphatic rings. The molecule has 1 heterocycles. The van der Waals surface area contributed by atoms with Gasteiger partial charge in [-0.2, -0.15) is 5.06 Å². The fraction of sp³-hybridized carbons (Fsp3) is 0.333. The molecule has 0 aromatic heterocycles. The number of nitrogens with one attached hydrogen (secondary N) is 1. The Hall–Kier alpha value is -1.44. The van der Waals surface area contributed by atoms with Gasteiger partial charge in [-0.25, -0.2) is 13.1 Å². The van der Waals surface area contributed by atoms with E-state index in [1.54, 1.807) is 24.2 Å². The highest BCUT2D eigenvalue weighted by atomic mass is 35.5. The summed E-state index contributed by atoms with van der Waals surface area (Å²) in [5.74, 6) is 0. The lowest BCUT2D eigenvalue weighted by Gasteiger charge is -2.23. The Labute approximate surface area is 153 Å². The number of hydrogen-bond donors (Lipinski definition) is 1. The molecule has 0 saturated carbocycles. The average Bonchev–Trinajstić information content (AvgIpc) is 2.99. The Bertz CT molecular complexity index is 797. The lowest BCUT2D eigenvalue weighted by atomic mass is 10.0. The summed E-state index contributed by atoms with van der Waals surface area (Å²) in [5.41, 5.74) is 1.96. The quantitative estimate of drug-likeness (QED) is 0.837. The number of hydrogen-bond acceptors (Lipinski definition) is 4. The maximum absolute atomic E-state index is 12.8. The van der Waals surface area contributed by atoms with E-state index in [-0.39, 0.29) is 12.6 Å². The highest BCUT2D eigenvalue weighted by Crippen LogP contribution is 2.33. The maximum atomic E-state index is 12.8. The Morgan fingerprint density at radius 1 is 1.16 bits per heavy atom. The summed E-state index contributed by atoms with van der Waals surface area (Å²) in [7, 11) is -1.77. The third-order valence-electron chi connectivity index (χ3n) is 4.36. The second kappa shape index (κ2) is 7.85. The third-order valence-corrected chi connectivity index (χ3v) is 6.41. The van der Waals surface area contributed by atoms with Crippen molar-refractivity contribution in [2.75, 3.05) is 20.2 Å². The molecule has 2 aromatic rings. The SMILES string of the molecule is CN1OC[C@H](S(=O)(=O)NCCc2ccccc2)[C@H]1c1ccc(Cl)cc1. The normalized spacial score (nSPS) is 21.5. The molecule has 1 N–H and O–H groups in total. The Kier molecular flexibility index (Phi) is 5.76. The smallest absolute Gasteiger partial charge is 0.218 e. The molecule has 0 unspecified atom stereocenters. The van der Waals surface area contributed by atoms with Crippen LogP contribution in [-0.4, -0.2) is 38.9 Å². The summed E-state index contributed by atoms with van der Waals surface area (Å²) >= 11 is 5.93. The van der Waals surface area contributed by atoms with E-state index in [9.17, 15) is 8.42 Å². The van der Waals surface area contributed by atoms with Crippen LogP contribution in [0.2, 0.25) is 5.02 Å². The van der Waals surface area contributed by atoms with Gasteiger partial charge in [-0.3, -0.25) is 4.84 Å². The van der Waals surface area contributed by atoms with Crippen molar-refractivity contribution in [2.45, 2.75) is 17.7 Å². The molecule has 7 heteroatoms. The van der Waals surface area contributed by atoms with Gasteiger partial charge in [0.2, 0.25) is 10.0 Å². The highest BCUT2D eigenvalue weighted by Gasteiger charge is 2.42. The molecule has 1 aliphatic heterocycles. The molecule has 2 atom stereocenters. The van der Waals surface area contributed by atoms with Gasteiger partial charge in [-0.05, 0) is 29.7 Å². The summed E-state index contributed by atoms with van der Waals surface area (Å²) < 4.78 is 28.3. The summed E-state index contributed by atoms with van der Waals surface area (Å²) in [6.45, 7) is 0.490. The minimum atomic E-state index is -3.52. The van der Waals surface area contributed by atoms with Crippen LogP contribution in [0.25, 0.3) is 0 Å². The van der Waals surface area contributed by atoms with E-state index in [0.29, 0.717) is 18.0 Å². The van der Waals surface area contributed by atoms with Crippen LogP contribution in [-0.2, 0) is 21.3 Å². The monoisotopic (exact) mass is 380 g/mol. The number of sulfonamides is 1. The molecule has 3 rings (SSSR count). The van der Waals surface area contributed by atoms with Crippen molar-refractivity contribution in [3.05, 3.63) is 70.7 Å². The Morgan fingerprint density at radius 2 is 1.84 bits per heavy atom. The molecule has 1 fully saturated rings. The van der Waals surface area contributed by atoms with Crippen LogP contribution in [0.5, 0.6) is 0 Å². The van der Waals surface area contributed by atoms with Crippen LogP contribution in [0.15, 0.2) is 54.6 Å². The van der Waals surface area contributed by atoms with Gasteiger partial charge in [0, 0.05) is 18.6 Å². The summed E-state index contributed by atoms with van der Waals surface area (Å²) in [4.78, 5) is 5.49. The molecule has 2 aromatic carbocycles. The molecule has 134 valence electrons. The molecule has 0 amide bonds. The van der Waals surface area contributed by atoms with Gasteiger partial charge < -0.3 is 0 Å². The molecule has 0 bridgehead atoms. The van der Waals surface area contributed by atoms with Gasteiger partial charge >= 0.3 is 0 Å². The van der Waals surface area contributed by atoms with Crippen LogP contribution in [0.3, 0.4) is 0 Å². The first-order valence-electron chi connectivity index (χ1n) is 8.11. The summed E-state index contributed by atoms with van der Waals surface area (Å²) in [6.07, 6.45) is 0.648. The highest BCUT2D eigenvalue weighted by molar-refractivity contribution is 7.90. The van der Waals surface area contributed by atoms with Crippen molar-refractivity contribution < 1.29 is 13.3 Å². The lowest BCUT2D eigenvalue weighted by molar-refractivity contribution is -0.110. The van der Waals surface area contributed by atoms with Crippen molar-refractivity contribution in [1.29, 1.82) is 0 Å². The van der Waals surface area contributed by atoms with E-state index in [1.807, 2.05) is 42.5 Å². The van der Waals surface area contributed by atoms with Crippen molar-refractivity contribution in [1.82, 2.24) is 9.79 Å². The molecule has 0 spiro atoms. The first-order chi connectivity index (χ1) is 12.0. The molecular formula is C18H21ClN2O3S. The predicted molar refractivity (Wildman–Crippen MR) is 98.8 cm³/mol. The number of halogens is 1. The fourth-order valence-electron chi connectivity index (χ4n) is 3.03. The standard InChI is InChI=1S/C18H21ClN2O3S/c1-21-18(15-7-9-16(19)10-8-15)17(13-24-21)25(22,23)20-12-11-14-5-3-2-4-6-14/h2-10,17-18,20H,11-13H2,1H3/t17-,18+/m0/s1. The zero-order valence-electron chi connectivity index (χ0n) is 13.9. The van der Waals surface area contributed by atoms with Crippen LogP contribution in [0, 0.1) is 0 Å². The van der Waals surface area contributed by atoms with Gasteiger partial charge in [-0.15, -0.1) is 0 Å². The van der Waals surface area contributed by atoms with Crippen molar-refractivity contribution in [3.63, 3.8) is 0 Å². The molecule has 5 nitrogen and oxygen atoms in total. The number of hydroxylamine groups is 2. The van der Waals surface area contributed by atoms with Crippen molar-refractivity contribution in [3.8, 4) is 0 Å². The maximum Gasteiger partial charge on any atom is 0.218 e. The molecule has 1 saturated heterocycles. The van der Waals surface area contributed by atoms with Gasteiger partial charge in [-0.1, -0.05) is 54.1 Å². The van der Waals surface area contributed by atoms with Crippen molar-refractivity contribution in [2.24, 2.45) is 0 Å². The third kappa shape index (κ3) is 4.40. The summed E-state index contributed by atoms with van der Waals surface area (Å²) in [6, 6.07) is 16.6. The number of nitrogens with zero attached hydrogens (tertiary/aromatic N) is 1. The van der Waals surface area contributed by atoms with Crippen molar-refractivity contribution >= 4 is 21.6 Å². The predicted octanol–water partition coefficient (Wildman–Crippen LogP) is 2.79. The number of rotatable bonds is 6. The van der Waals surface area contributed by atoms with E-state index in [1.165, 1.54) is 0 Å². The molecule has 0 aliphatic carbocycles. The van der Waals surface area contributed by atoms with Crippen LogP contribution >= 0.6 is 11.6 Å². The zero-order chi connectivity index (χ0) is 17.9. The minimum absolute atomic E-state index is 0.129. The van der Waals surface area contributed by atoms with Gasteiger partial charge in [0.25, 0.3) is 0 Å². The van der Waals surface area contributed by atoms with Gasteiger partial charge in [0.1, 0.15) is 5.25 Å². The Morgan fingerprint density at radius 3 is 2.52 bits per heavy atom. The van der Waals surface area contributed by atoms with Gasteiger partial charge in [0.15, 0.2) is 0 Å². The van der Waals surface area contributed by atoms with E-state index >= 15 is 0 Å². The molecule has 25 heavy (non-hydrogen) atoms. The topological polar surface area (TPSA) is 58.6 Å². The van der Waals surface area contributed by atoms with Crippen LogP contribution < -0.4 is 4.72 Å². The zero-order valence-corrected chi connectivity index (χ0v) is 15.5. The first-order valence-corrected chi connectivity index (χ1v) is 10.0. The average molecular weight is 381 g/mol. The van der Waals surface area contributed by atoms with E-state index in [0.717, 1.165) is 11.1 Å². The second-order valence-electron chi connectivity index (χ2n) is 6.05. The van der Waals surface area contributed by atoms with Gasteiger partial charge in [0.05, 0.1) is 12.6 Å². The molecular weight excluding hydrogens is 360 g/mol. The summed E-state index contributed by atoms with van der Waals surface area (Å²) in [5, 5.41) is 1.55. The number of benzene rings is 2. The van der Waals surface area contributed by atoms with E-state index < -0.39 is 15.3 Å². The molecule has 0 radical (unpaired) electrons. The largest absolute Gasteiger partial charge is 0.297 e.